The molecule has 0 aliphatic heterocycles. The van der Waals surface area contributed by atoms with Crippen molar-refractivity contribution in [2.45, 2.75) is 13.3 Å². The molecule has 0 unspecified atom stereocenters. The first-order chi connectivity index (χ1) is 8.29. The van der Waals surface area contributed by atoms with Crippen LogP contribution in [0.3, 0.4) is 0 Å². The minimum absolute atomic E-state index is 0.352. The summed E-state index contributed by atoms with van der Waals surface area (Å²) in [7, 11) is 1.65. The third-order valence-corrected chi connectivity index (χ3v) is 2.13. The first kappa shape index (κ1) is 13.5. The molecule has 1 aromatic carbocycles. The summed E-state index contributed by atoms with van der Waals surface area (Å²) in [6.07, 6.45) is 0.785. The topological polar surface area (TPSA) is 44.8 Å². The first-order valence-electron chi connectivity index (χ1n) is 5.67. The Morgan fingerprint density at radius 1 is 1.24 bits per heavy atom. The van der Waals surface area contributed by atoms with Gasteiger partial charge in [0, 0.05) is 20.1 Å². The fraction of sp³-hybridized carbons (Fsp3) is 0.462. The lowest BCUT2D eigenvalue weighted by molar-refractivity contribution is 0.0521. The zero-order valence-electron chi connectivity index (χ0n) is 10.3. The number of hydrogen-bond donors (Lipinski definition) is 0. The molecule has 0 radical (unpaired) electrons. The van der Waals surface area contributed by atoms with Crippen LogP contribution in [0.2, 0.25) is 0 Å². The van der Waals surface area contributed by atoms with Gasteiger partial charge in [-0.15, -0.1) is 0 Å². The second-order valence-corrected chi connectivity index (χ2v) is 3.41. The normalized spacial score (nSPS) is 10.0. The average molecular weight is 238 g/mol. The Kier molecular flexibility index (Phi) is 6.10. The highest BCUT2D eigenvalue weighted by atomic mass is 16.5. The fourth-order valence-corrected chi connectivity index (χ4v) is 1.36. The Bertz CT molecular complexity index is 349. The number of rotatable bonds is 7. The van der Waals surface area contributed by atoms with Crippen molar-refractivity contribution < 1.29 is 19.0 Å². The summed E-state index contributed by atoms with van der Waals surface area (Å²) < 4.78 is 15.4. The van der Waals surface area contributed by atoms with Crippen LogP contribution < -0.4 is 4.74 Å². The van der Waals surface area contributed by atoms with E-state index in [1.165, 1.54) is 0 Å². The molecule has 0 atom stereocenters. The van der Waals surface area contributed by atoms with Gasteiger partial charge in [0.25, 0.3) is 0 Å². The summed E-state index contributed by atoms with van der Waals surface area (Å²) in [6.45, 7) is 3.29. The maximum absolute atomic E-state index is 11.6. The smallest absolute Gasteiger partial charge is 0.341 e. The lowest BCUT2D eigenvalue weighted by atomic mass is 10.2. The van der Waals surface area contributed by atoms with Crippen LogP contribution in [0.5, 0.6) is 5.75 Å². The zero-order valence-corrected chi connectivity index (χ0v) is 10.3. The summed E-state index contributed by atoms with van der Waals surface area (Å²) in [4.78, 5) is 11.6. The molecule has 1 aromatic rings. The van der Waals surface area contributed by atoms with E-state index in [1.807, 2.05) is 6.07 Å². The van der Waals surface area contributed by atoms with E-state index in [4.69, 9.17) is 14.2 Å². The van der Waals surface area contributed by atoms with E-state index in [-0.39, 0.29) is 5.97 Å². The first-order valence-corrected chi connectivity index (χ1v) is 5.67. The molecule has 0 aliphatic rings. The Morgan fingerprint density at radius 2 is 2.00 bits per heavy atom. The summed E-state index contributed by atoms with van der Waals surface area (Å²) >= 11 is 0. The molecule has 0 amide bonds. The van der Waals surface area contributed by atoms with Crippen LogP contribution >= 0.6 is 0 Å². The van der Waals surface area contributed by atoms with Crippen molar-refractivity contribution in [3.8, 4) is 5.75 Å². The van der Waals surface area contributed by atoms with Crippen LogP contribution in [-0.2, 0) is 9.47 Å². The second-order valence-electron chi connectivity index (χ2n) is 3.41. The van der Waals surface area contributed by atoms with Gasteiger partial charge in [0.05, 0.1) is 13.2 Å². The van der Waals surface area contributed by atoms with Crippen LogP contribution in [0.15, 0.2) is 24.3 Å². The van der Waals surface area contributed by atoms with Crippen molar-refractivity contribution >= 4 is 5.97 Å². The average Bonchev–Trinajstić information content (AvgIpc) is 2.35. The van der Waals surface area contributed by atoms with E-state index in [9.17, 15) is 4.79 Å². The number of esters is 1. The Labute approximate surface area is 101 Å². The number of hydrogen-bond acceptors (Lipinski definition) is 4. The third-order valence-electron chi connectivity index (χ3n) is 2.13. The molecule has 4 nitrogen and oxygen atoms in total. The lowest BCUT2D eigenvalue weighted by Crippen LogP contribution is -2.09. The molecule has 17 heavy (non-hydrogen) atoms. The molecule has 0 aromatic heterocycles. The van der Waals surface area contributed by atoms with Crippen molar-refractivity contribution in [2.75, 3.05) is 26.9 Å². The summed E-state index contributed by atoms with van der Waals surface area (Å²) in [6, 6.07) is 7.07. The number of para-hydroxylation sites is 1. The van der Waals surface area contributed by atoms with E-state index < -0.39 is 0 Å². The molecule has 0 saturated carbocycles. The fourth-order valence-electron chi connectivity index (χ4n) is 1.36. The Morgan fingerprint density at radius 3 is 2.71 bits per heavy atom. The molecule has 1 rings (SSSR count). The Balaban J connectivity index is 2.61. The van der Waals surface area contributed by atoms with Gasteiger partial charge in [-0.1, -0.05) is 12.1 Å². The minimum atomic E-state index is -0.352. The zero-order chi connectivity index (χ0) is 12.5. The van der Waals surface area contributed by atoms with E-state index >= 15 is 0 Å². The quantitative estimate of drug-likeness (QED) is 0.540. The van der Waals surface area contributed by atoms with Gasteiger partial charge in [-0.3, -0.25) is 0 Å². The van der Waals surface area contributed by atoms with Crippen molar-refractivity contribution in [2.24, 2.45) is 0 Å². The molecule has 0 N–H and O–H groups in total. The molecule has 0 bridgehead atoms. The maximum atomic E-state index is 11.6. The number of methoxy groups -OCH3 is 1. The molecule has 0 aliphatic carbocycles. The van der Waals surface area contributed by atoms with E-state index in [2.05, 4.69) is 0 Å². The van der Waals surface area contributed by atoms with Crippen molar-refractivity contribution in [3.63, 3.8) is 0 Å². The number of ether oxygens (including phenoxy) is 3. The van der Waals surface area contributed by atoms with Gasteiger partial charge in [-0.2, -0.15) is 0 Å². The number of benzene rings is 1. The molecular weight excluding hydrogens is 220 g/mol. The highest BCUT2D eigenvalue weighted by molar-refractivity contribution is 5.92. The Hall–Kier alpha value is -1.55. The van der Waals surface area contributed by atoms with Crippen LogP contribution in [0.1, 0.15) is 23.7 Å². The van der Waals surface area contributed by atoms with Gasteiger partial charge >= 0.3 is 5.97 Å². The molecule has 4 heteroatoms. The van der Waals surface area contributed by atoms with Crippen LogP contribution in [-0.4, -0.2) is 32.9 Å². The third kappa shape index (κ3) is 4.44. The molecule has 94 valence electrons. The van der Waals surface area contributed by atoms with E-state index in [0.717, 1.165) is 6.42 Å². The minimum Gasteiger partial charge on any atom is -0.493 e. The second kappa shape index (κ2) is 7.68. The molecule has 0 spiro atoms. The maximum Gasteiger partial charge on any atom is 0.341 e. The van der Waals surface area contributed by atoms with Gasteiger partial charge in [-0.25, -0.2) is 4.79 Å². The van der Waals surface area contributed by atoms with Crippen LogP contribution in [0.4, 0.5) is 0 Å². The molecule has 0 saturated heterocycles. The monoisotopic (exact) mass is 238 g/mol. The summed E-state index contributed by atoms with van der Waals surface area (Å²) in [5.74, 6) is 0.205. The van der Waals surface area contributed by atoms with Gasteiger partial charge in [0.15, 0.2) is 0 Å². The van der Waals surface area contributed by atoms with E-state index in [0.29, 0.717) is 31.1 Å². The molecule has 0 heterocycles. The highest BCUT2D eigenvalue weighted by Gasteiger charge is 2.12. The summed E-state index contributed by atoms with van der Waals surface area (Å²) in [5, 5.41) is 0. The van der Waals surface area contributed by atoms with Gasteiger partial charge in [-0.05, 0) is 19.1 Å². The summed E-state index contributed by atoms with van der Waals surface area (Å²) in [5.41, 5.74) is 0.465. The van der Waals surface area contributed by atoms with Gasteiger partial charge < -0.3 is 14.2 Å². The molecule has 0 fully saturated rings. The predicted molar refractivity (Wildman–Crippen MR) is 64.4 cm³/mol. The lowest BCUT2D eigenvalue weighted by Gasteiger charge is -2.10. The van der Waals surface area contributed by atoms with Crippen molar-refractivity contribution in [1.29, 1.82) is 0 Å². The number of carbonyl (C=O) groups excluding carboxylic acids is 1. The SMILES string of the molecule is CCOC(=O)c1ccccc1OCCCOC. The van der Waals surface area contributed by atoms with E-state index in [1.54, 1.807) is 32.2 Å². The largest absolute Gasteiger partial charge is 0.493 e. The van der Waals surface area contributed by atoms with Gasteiger partial charge in [0.2, 0.25) is 0 Å². The van der Waals surface area contributed by atoms with Gasteiger partial charge in [0.1, 0.15) is 11.3 Å². The number of carbonyl (C=O) groups is 1. The molecular formula is C13H18O4. The van der Waals surface area contributed by atoms with Crippen molar-refractivity contribution in [3.05, 3.63) is 29.8 Å². The van der Waals surface area contributed by atoms with Crippen LogP contribution in [0.25, 0.3) is 0 Å². The van der Waals surface area contributed by atoms with Crippen molar-refractivity contribution in [1.82, 2.24) is 0 Å². The van der Waals surface area contributed by atoms with Crippen LogP contribution in [0, 0.1) is 0 Å². The predicted octanol–water partition coefficient (Wildman–Crippen LogP) is 2.28. The standard InChI is InChI=1S/C13H18O4/c1-3-16-13(14)11-7-4-5-8-12(11)17-10-6-9-15-2/h4-5,7-8H,3,6,9-10H2,1-2H3. The highest BCUT2D eigenvalue weighted by Crippen LogP contribution is 2.19.